The van der Waals surface area contributed by atoms with Gasteiger partial charge in [0.1, 0.15) is 11.1 Å². The number of aryl methyl sites for hydroxylation is 1. The van der Waals surface area contributed by atoms with Gasteiger partial charge in [-0.15, -0.1) is 11.3 Å². The van der Waals surface area contributed by atoms with Crippen LogP contribution in [0.15, 0.2) is 65.8 Å². The lowest BCUT2D eigenvalue weighted by atomic mass is 9.90. The molecule has 0 bridgehead atoms. The van der Waals surface area contributed by atoms with E-state index in [0.717, 1.165) is 60.8 Å². The van der Waals surface area contributed by atoms with E-state index in [-0.39, 0.29) is 5.78 Å². The zero-order chi connectivity index (χ0) is 29.8. The molecule has 0 saturated carbocycles. The van der Waals surface area contributed by atoms with Crippen LogP contribution in [-0.2, 0) is 16.1 Å². The van der Waals surface area contributed by atoms with Crippen molar-refractivity contribution in [2.45, 2.75) is 59.8 Å². The number of fused-ring (bicyclic) bond motifs is 2. The van der Waals surface area contributed by atoms with E-state index in [1.165, 1.54) is 16.7 Å². The number of thiazole rings is 1. The maximum Gasteiger partial charge on any atom is 0.163 e. The van der Waals surface area contributed by atoms with Gasteiger partial charge in [0.25, 0.3) is 0 Å². The minimum absolute atomic E-state index is 0.0409. The molecule has 212 valence electrons. The number of Topliss-reactive ketones (excluding diaryl/α,β-unsaturated/α-hetero) is 1. The lowest BCUT2D eigenvalue weighted by Gasteiger charge is -2.29. The minimum Gasteiger partial charge on any atom is -0.360 e. The largest absolute Gasteiger partial charge is 0.360 e. The van der Waals surface area contributed by atoms with Crippen LogP contribution in [0.2, 0.25) is 5.02 Å². The third-order valence-electron chi connectivity index (χ3n) is 7.53. The van der Waals surface area contributed by atoms with E-state index in [4.69, 9.17) is 26.3 Å². The second-order valence-electron chi connectivity index (χ2n) is 11.8. The first-order valence-corrected chi connectivity index (χ1v) is 15.2. The van der Waals surface area contributed by atoms with Gasteiger partial charge < -0.3 is 4.74 Å². The molecule has 0 aliphatic carbocycles. The molecule has 7 heteroatoms. The molecule has 0 saturated heterocycles. The summed E-state index contributed by atoms with van der Waals surface area (Å²) in [6, 6.07) is 18.2. The first kappa shape index (κ1) is 28.4. The van der Waals surface area contributed by atoms with Gasteiger partial charge in [0.2, 0.25) is 0 Å². The molecular formula is C35H32ClN3O2S. The minimum atomic E-state index is -0.718. The molecule has 5 nitrogen and oxygen atoms in total. The summed E-state index contributed by atoms with van der Waals surface area (Å²) >= 11 is 7.89. The van der Waals surface area contributed by atoms with Crippen molar-refractivity contribution in [3.63, 3.8) is 0 Å². The van der Waals surface area contributed by atoms with E-state index in [1.807, 2.05) is 70.4 Å². The standard InChI is InChI=1S/C35H32ClN3O2S/c1-19-15-29-33(31(22-7-10-25(36)11-8-22)30(19)32(21(3)40)41-35(4,5)6)42-34(39-29)23-13-14-38-28(16-23)26-12-9-24-17-37-18-27(24)20(26)2/h7-16,18,32H,17H2,1-6H3/t32-/m1/s1. The zero-order valence-corrected chi connectivity index (χ0v) is 26.2. The number of benzene rings is 3. The number of carbonyl (C=O) groups excluding carboxylic acids is 1. The average molecular weight is 594 g/mol. The van der Waals surface area contributed by atoms with E-state index in [0.29, 0.717) is 5.02 Å². The van der Waals surface area contributed by atoms with Crippen molar-refractivity contribution in [3.8, 4) is 33.0 Å². The fourth-order valence-corrected chi connectivity index (χ4v) is 6.85. The fraction of sp³-hybridized carbons (Fsp3) is 0.257. The number of ketones is 1. The van der Waals surface area contributed by atoms with Crippen molar-refractivity contribution in [2.24, 2.45) is 4.99 Å². The summed E-state index contributed by atoms with van der Waals surface area (Å²) in [6.07, 6.45) is 3.09. The first-order valence-electron chi connectivity index (χ1n) is 14.0. The van der Waals surface area contributed by atoms with Crippen molar-refractivity contribution in [3.05, 3.63) is 93.6 Å². The summed E-state index contributed by atoms with van der Waals surface area (Å²) in [5.41, 5.74) is 10.7. The maximum atomic E-state index is 13.1. The van der Waals surface area contributed by atoms with Crippen LogP contribution in [-0.4, -0.2) is 27.6 Å². The van der Waals surface area contributed by atoms with Gasteiger partial charge in [-0.25, -0.2) is 4.98 Å². The van der Waals surface area contributed by atoms with Gasteiger partial charge >= 0.3 is 0 Å². The monoisotopic (exact) mass is 593 g/mol. The topological polar surface area (TPSA) is 64.4 Å². The van der Waals surface area contributed by atoms with Gasteiger partial charge in [-0.1, -0.05) is 35.9 Å². The van der Waals surface area contributed by atoms with Crippen LogP contribution in [0, 0.1) is 13.8 Å². The number of nitrogens with zero attached hydrogens (tertiary/aromatic N) is 3. The van der Waals surface area contributed by atoms with Gasteiger partial charge in [0, 0.05) is 45.3 Å². The molecule has 42 heavy (non-hydrogen) atoms. The van der Waals surface area contributed by atoms with E-state index in [1.54, 1.807) is 18.3 Å². The number of ether oxygens (including phenoxy) is 1. The lowest BCUT2D eigenvalue weighted by Crippen LogP contribution is -2.27. The van der Waals surface area contributed by atoms with Crippen LogP contribution in [0.25, 0.3) is 43.2 Å². The number of aliphatic imine (C=N–C) groups is 1. The third kappa shape index (κ3) is 5.31. The normalized spacial score (nSPS) is 13.5. The van der Waals surface area contributed by atoms with Crippen molar-refractivity contribution in [1.82, 2.24) is 9.97 Å². The molecule has 1 aliphatic heterocycles. The van der Waals surface area contributed by atoms with Crippen molar-refractivity contribution in [1.29, 1.82) is 0 Å². The van der Waals surface area contributed by atoms with Crippen LogP contribution in [0.1, 0.15) is 61.6 Å². The summed E-state index contributed by atoms with van der Waals surface area (Å²) in [4.78, 5) is 27.3. The summed E-state index contributed by atoms with van der Waals surface area (Å²) in [7, 11) is 0. The smallest absolute Gasteiger partial charge is 0.163 e. The second kappa shape index (κ2) is 10.8. The maximum absolute atomic E-state index is 13.1. The van der Waals surface area contributed by atoms with Crippen LogP contribution in [0.5, 0.6) is 0 Å². The third-order valence-corrected chi connectivity index (χ3v) is 8.92. The Morgan fingerprint density at radius 2 is 1.79 bits per heavy atom. The molecule has 5 aromatic rings. The quantitative estimate of drug-likeness (QED) is 0.197. The molecule has 1 atom stereocenters. The Labute approximate surface area is 255 Å². The molecule has 0 fully saturated rings. The molecule has 0 amide bonds. The predicted octanol–water partition coefficient (Wildman–Crippen LogP) is 9.34. The van der Waals surface area contributed by atoms with E-state index < -0.39 is 11.7 Å². The number of pyridine rings is 1. The highest BCUT2D eigenvalue weighted by molar-refractivity contribution is 7.22. The highest BCUT2D eigenvalue weighted by Gasteiger charge is 2.30. The molecule has 0 N–H and O–H groups in total. The van der Waals surface area contributed by atoms with Gasteiger partial charge in [0.05, 0.1) is 28.1 Å². The number of aromatic nitrogens is 2. The summed E-state index contributed by atoms with van der Waals surface area (Å²) in [5.74, 6) is -0.0409. The second-order valence-corrected chi connectivity index (χ2v) is 13.2. The Hall–Kier alpha value is -3.71. The Balaban J connectivity index is 1.54. The van der Waals surface area contributed by atoms with Gasteiger partial charge in [-0.05, 0) is 94.1 Å². The highest BCUT2D eigenvalue weighted by Crippen LogP contribution is 2.45. The predicted molar refractivity (Wildman–Crippen MR) is 174 cm³/mol. The zero-order valence-electron chi connectivity index (χ0n) is 24.6. The van der Waals surface area contributed by atoms with Crippen LogP contribution in [0.3, 0.4) is 0 Å². The molecule has 0 spiro atoms. The van der Waals surface area contributed by atoms with Crippen LogP contribution >= 0.6 is 22.9 Å². The number of halogens is 1. The van der Waals surface area contributed by atoms with E-state index >= 15 is 0 Å². The highest BCUT2D eigenvalue weighted by atomic mass is 35.5. The molecule has 3 aromatic carbocycles. The molecule has 6 rings (SSSR count). The van der Waals surface area contributed by atoms with Crippen molar-refractivity contribution >= 4 is 45.2 Å². The number of hydrogen-bond acceptors (Lipinski definition) is 6. The molecular weight excluding hydrogens is 562 g/mol. The molecule has 1 aliphatic rings. The van der Waals surface area contributed by atoms with Gasteiger partial charge in [-0.2, -0.15) is 0 Å². The van der Waals surface area contributed by atoms with Crippen LogP contribution in [0.4, 0.5) is 0 Å². The Morgan fingerprint density at radius 3 is 2.50 bits per heavy atom. The number of carbonyl (C=O) groups is 1. The summed E-state index contributed by atoms with van der Waals surface area (Å²) < 4.78 is 7.39. The first-order chi connectivity index (χ1) is 20.0. The molecule has 3 heterocycles. The van der Waals surface area contributed by atoms with E-state index in [2.05, 4.69) is 36.2 Å². The van der Waals surface area contributed by atoms with Crippen molar-refractivity contribution < 1.29 is 9.53 Å². The Bertz CT molecular complexity index is 1880. The molecule has 2 aromatic heterocycles. The van der Waals surface area contributed by atoms with Crippen LogP contribution < -0.4 is 0 Å². The SMILES string of the molecule is CC(=O)[C@@H](OC(C)(C)C)c1c(C)cc2nc(-c3ccnc(-c4ccc5c(c4C)C=NC5)c3)sc2c1-c1ccc(Cl)cc1. The average Bonchev–Trinajstić information content (AvgIpc) is 3.59. The fourth-order valence-electron chi connectivity index (χ4n) is 5.60. The van der Waals surface area contributed by atoms with Gasteiger partial charge in [0.15, 0.2) is 5.78 Å². The van der Waals surface area contributed by atoms with Gasteiger partial charge in [-0.3, -0.25) is 14.8 Å². The number of hydrogen-bond donors (Lipinski definition) is 0. The lowest BCUT2D eigenvalue weighted by molar-refractivity contribution is -0.138. The Kier molecular flexibility index (Phi) is 7.34. The Morgan fingerprint density at radius 1 is 1.02 bits per heavy atom. The van der Waals surface area contributed by atoms with Crippen molar-refractivity contribution in [2.75, 3.05) is 0 Å². The summed E-state index contributed by atoms with van der Waals surface area (Å²) in [6.45, 7) is 12.4. The molecule has 0 unspecified atom stereocenters. The van der Waals surface area contributed by atoms with E-state index in [9.17, 15) is 4.79 Å². The summed E-state index contributed by atoms with van der Waals surface area (Å²) in [5, 5.41) is 1.54. The number of rotatable bonds is 6. The molecule has 0 radical (unpaired) electrons.